The predicted molar refractivity (Wildman–Crippen MR) is 80.1 cm³/mol. The van der Waals surface area contributed by atoms with Crippen LogP contribution in [0.3, 0.4) is 0 Å². The highest BCUT2D eigenvalue weighted by molar-refractivity contribution is 6.32. The molecule has 5 heteroatoms. The minimum Gasteiger partial charge on any atom is -0.348 e. The van der Waals surface area contributed by atoms with E-state index in [9.17, 15) is 4.79 Å². The van der Waals surface area contributed by atoms with E-state index in [0.29, 0.717) is 16.1 Å². The fourth-order valence-corrected chi connectivity index (χ4v) is 2.79. The molecule has 20 heavy (non-hydrogen) atoms. The minimum absolute atomic E-state index is 0.107. The van der Waals surface area contributed by atoms with Crippen LogP contribution in [-0.4, -0.2) is 30.0 Å². The lowest BCUT2D eigenvalue weighted by Crippen LogP contribution is -2.45. The zero-order chi connectivity index (χ0) is 13.9. The molecule has 1 amide bonds. The van der Waals surface area contributed by atoms with E-state index < -0.39 is 0 Å². The van der Waals surface area contributed by atoms with Crippen LogP contribution >= 0.6 is 11.6 Å². The molecule has 2 aromatic rings. The molecular weight excluding hydrogens is 274 g/mol. The molecule has 0 bridgehead atoms. The van der Waals surface area contributed by atoms with Crippen molar-refractivity contribution in [2.24, 2.45) is 0 Å². The molecule has 2 heterocycles. The number of nitrogens with one attached hydrogen (secondary N) is 2. The highest BCUT2D eigenvalue weighted by Gasteiger charge is 2.18. The van der Waals surface area contributed by atoms with E-state index in [1.165, 1.54) is 0 Å². The summed E-state index contributed by atoms with van der Waals surface area (Å²) >= 11 is 6.09. The second-order valence-corrected chi connectivity index (χ2v) is 5.48. The fraction of sp³-hybridized carbons (Fsp3) is 0.333. The molecule has 1 atom stereocenters. The van der Waals surface area contributed by atoms with Crippen molar-refractivity contribution in [2.45, 2.75) is 18.9 Å². The van der Waals surface area contributed by atoms with Crippen LogP contribution in [0.4, 0.5) is 0 Å². The largest absolute Gasteiger partial charge is 0.348 e. The maximum Gasteiger partial charge on any atom is 0.253 e. The van der Waals surface area contributed by atoms with E-state index in [-0.39, 0.29) is 11.9 Å². The monoisotopic (exact) mass is 289 g/mol. The third-order valence-corrected chi connectivity index (χ3v) is 3.76. The van der Waals surface area contributed by atoms with E-state index in [1.54, 1.807) is 12.3 Å². The topological polar surface area (TPSA) is 54.0 Å². The molecule has 1 aromatic carbocycles. The van der Waals surface area contributed by atoms with Gasteiger partial charge in [-0.3, -0.25) is 9.78 Å². The van der Waals surface area contributed by atoms with Crippen LogP contribution < -0.4 is 10.6 Å². The summed E-state index contributed by atoms with van der Waals surface area (Å²) in [6, 6.07) is 7.43. The molecule has 104 valence electrons. The molecule has 0 aliphatic carbocycles. The Hall–Kier alpha value is -1.65. The van der Waals surface area contributed by atoms with Gasteiger partial charge in [-0.15, -0.1) is 0 Å². The van der Waals surface area contributed by atoms with Crippen molar-refractivity contribution in [3.8, 4) is 0 Å². The first-order chi connectivity index (χ1) is 9.74. The van der Waals surface area contributed by atoms with Crippen molar-refractivity contribution < 1.29 is 4.79 Å². The Bertz CT molecular complexity index is 638. The lowest BCUT2D eigenvalue weighted by Gasteiger charge is -2.24. The number of benzene rings is 1. The average molecular weight is 290 g/mol. The maximum absolute atomic E-state index is 12.4. The lowest BCUT2D eigenvalue weighted by molar-refractivity contribution is 0.0932. The van der Waals surface area contributed by atoms with Crippen LogP contribution in [0.15, 0.2) is 30.5 Å². The zero-order valence-corrected chi connectivity index (χ0v) is 11.8. The number of aromatic nitrogens is 1. The number of nitrogens with zero attached hydrogens (tertiary/aromatic N) is 1. The van der Waals surface area contributed by atoms with Crippen molar-refractivity contribution in [1.29, 1.82) is 0 Å². The molecule has 1 aliphatic rings. The Morgan fingerprint density at radius 3 is 3.15 bits per heavy atom. The highest BCUT2D eigenvalue weighted by atomic mass is 35.5. The van der Waals surface area contributed by atoms with Crippen LogP contribution in [0.25, 0.3) is 10.9 Å². The van der Waals surface area contributed by atoms with Gasteiger partial charge in [-0.1, -0.05) is 17.7 Å². The predicted octanol–water partition coefficient (Wildman–Crippen LogP) is 2.37. The molecule has 1 aromatic heterocycles. The average Bonchev–Trinajstić information content (AvgIpc) is 2.47. The van der Waals surface area contributed by atoms with E-state index in [4.69, 9.17) is 11.6 Å². The molecule has 1 aliphatic heterocycles. The van der Waals surface area contributed by atoms with Gasteiger partial charge in [0.15, 0.2) is 0 Å². The van der Waals surface area contributed by atoms with Crippen LogP contribution in [0.2, 0.25) is 5.02 Å². The van der Waals surface area contributed by atoms with Gasteiger partial charge in [0, 0.05) is 29.2 Å². The van der Waals surface area contributed by atoms with Crippen molar-refractivity contribution in [2.75, 3.05) is 13.1 Å². The third-order valence-electron chi connectivity index (χ3n) is 3.55. The minimum atomic E-state index is -0.107. The third kappa shape index (κ3) is 2.76. The summed E-state index contributed by atoms with van der Waals surface area (Å²) in [5, 5.41) is 7.77. The standard InChI is InChI=1S/C15H16ClN3O/c16-11-7-10-3-1-6-18-14(10)13(8-11)15(20)19-12-4-2-5-17-9-12/h1,3,6-8,12,17H,2,4-5,9H2,(H,19,20). The SMILES string of the molecule is O=C(NC1CCCNC1)c1cc(Cl)cc2cccnc12. The Morgan fingerprint density at radius 2 is 2.35 bits per heavy atom. The number of pyridine rings is 1. The zero-order valence-electron chi connectivity index (χ0n) is 11.0. The number of fused-ring (bicyclic) bond motifs is 1. The van der Waals surface area contributed by atoms with E-state index in [2.05, 4.69) is 15.6 Å². The molecule has 1 unspecified atom stereocenters. The summed E-state index contributed by atoms with van der Waals surface area (Å²) in [6.45, 7) is 1.84. The van der Waals surface area contributed by atoms with E-state index in [0.717, 1.165) is 31.3 Å². The Labute approximate surface area is 122 Å². The van der Waals surface area contributed by atoms with Gasteiger partial charge >= 0.3 is 0 Å². The van der Waals surface area contributed by atoms with Gasteiger partial charge < -0.3 is 10.6 Å². The number of carbonyl (C=O) groups is 1. The summed E-state index contributed by atoms with van der Waals surface area (Å²) in [5.74, 6) is -0.107. The fourth-order valence-electron chi connectivity index (χ4n) is 2.57. The first-order valence-corrected chi connectivity index (χ1v) is 7.18. The van der Waals surface area contributed by atoms with Crippen molar-refractivity contribution in [1.82, 2.24) is 15.6 Å². The molecule has 1 fully saturated rings. The quantitative estimate of drug-likeness (QED) is 0.892. The van der Waals surface area contributed by atoms with Gasteiger partial charge in [-0.05, 0) is 37.6 Å². The lowest BCUT2D eigenvalue weighted by atomic mass is 10.1. The van der Waals surface area contributed by atoms with Crippen molar-refractivity contribution in [3.63, 3.8) is 0 Å². The van der Waals surface area contributed by atoms with Crippen LogP contribution in [0, 0.1) is 0 Å². The van der Waals surface area contributed by atoms with Crippen molar-refractivity contribution >= 4 is 28.4 Å². The summed E-state index contributed by atoms with van der Waals surface area (Å²) in [4.78, 5) is 16.7. The first kappa shape index (κ1) is 13.3. The number of hydrogen-bond acceptors (Lipinski definition) is 3. The normalized spacial score (nSPS) is 18.9. The molecule has 0 saturated carbocycles. The Balaban J connectivity index is 1.90. The highest BCUT2D eigenvalue weighted by Crippen LogP contribution is 2.22. The molecule has 2 N–H and O–H groups in total. The van der Waals surface area contributed by atoms with Crippen LogP contribution in [0.5, 0.6) is 0 Å². The number of rotatable bonds is 2. The van der Waals surface area contributed by atoms with E-state index in [1.807, 2.05) is 18.2 Å². The summed E-state index contributed by atoms with van der Waals surface area (Å²) < 4.78 is 0. The number of carbonyl (C=O) groups excluding carboxylic acids is 1. The maximum atomic E-state index is 12.4. The van der Waals surface area contributed by atoms with Gasteiger partial charge in [0.05, 0.1) is 11.1 Å². The second kappa shape index (κ2) is 5.77. The Kier molecular flexibility index (Phi) is 3.85. The Morgan fingerprint density at radius 1 is 1.45 bits per heavy atom. The molecule has 3 rings (SSSR count). The van der Waals surface area contributed by atoms with Crippen LogP contribution in [-0.2, 0) is 0 Å². The van der Waals surface area contributed by atoms with Gasteiger partial charge in [0.1, 0.15) is 0 Å². The summed E-state index contributed by atoms with van der Waals surface area (Å²) in [5.41, 5.74) is 1.23. The molecule has 0 spiro atoms. The number of amides is 1. The van der Waals surface area contributed by atoms with Gasteiger partial charge in [-0.25, -0.2) is 0 Å². The van der Waals surface area contributed by atoms with Gasteiger partial charge in [0.25, 0.3) is 5.91 Å². The molecule has 0 radical (unpaired) electrons. The molecular formula is C15H16ClN3O. The van der Waals surface area contributed by atoms with Crippen LogP contribution in [0.1, 0.15) is 23.2 Å². The van der Waals surface area contributed by atoms with Crippen molar-refractivity contribution in [3.05, 3.63) is 41.0 Å². The summed E-state index contributed by atoms with van der Waals surface area (Å²) in [7, 11) is 0. The van der Waals surface area contributed by atoms with Gasteiger partial charge in [-0.2, -0.15) is 0 Å². The first-order valence-electron chi connectivity index (χ1n) is 6.80. The van der Waals surface area contributed by atoms with E-state index >= 15 is 0 Å². The van der Waals surface area contributed by atoms with Gasteiger partial charge in [0.2, 0.25) is 0 Å². The molecule has 1 saturated heterocycles. The summed E-state index contributed by atoms with van der Waals surface area (Å²) in [6.07, 6.45) is 3.78. The number of piperidine rings is 1. The molecule has 4 nitrogen and oxygen atoms in total. The smallest absolute Gasteiger partial charge is 0.253 e. The number of halogens is 1. The second-order valence-electron chi connectivity index (χ2n) is 5.05. The number of hydrogen-bond donors (Lipinski definition) is 2.